The Bertz CT molecular complexity index is 913. The van der Waals surface area contributed by atoms with Crippen LogP contribution in [0.5, 0.6) is 0 Å². The highest BCUT2D eigenvalue weighted by atomic mass is 32.2. The molecule has 3 heterocycles. The number of nitrogens with two attached hydrogens (primary N) is 1. The van der Waals surface area contributed by atoms with Crippen LogP contribution >= 0.6 is 11.8 Å². The summed E-state index contributed by atoms with van der Waals surface area (Å²) in [5.41, 5.74) is 10.7. The van der Waals surface area contributed by atoms with Crippen molar-refractivity contribution in [3.63, 3.8) is 0 Å². The second-order valence-electron chi connectivity index (χ2n) is 7.51. The molecule has 3 aromatic rings. The second kappa shape index (κ2) is 7.90. The smallest absolute Gasteiger partial charge is 0.180 e. The molecule has 1 aromatic carbocycles. The number of hydrogen-bond donors (Lipinski definition) is 2. The number of benzene rings is 1. The van der Waals surface area contributed by atoms with Crippen LogP contribution in [0.2, 0.25) is 0 Å². The van der Waals surface area contributed by atoms with Crippen molar-refractivity contribution < 1.29 is 0 Å². The Hall–Kier alpha value is -2.05. The Balaban J connectivity index is 1.72. The molecule has 0 radical (unpaired) electrons. The molecule has 142 valence electrons. The molecule has 5 nitrogen and oxygen atoms in total. The summed E-state index contributed by atoms with van der Waals surface area (Å²) in [7, 11) is 0. The fraction of sp³-hybridized carbons (Fsp3) is 0.429. The number of nitrogen functional groups attached to an aromatic ring is 1. The first-order valence-electron chi connectivity index (χ1n) is 9.70. The average Bonchev–Trinajstić information content (AvgIpc) is 3.02. The Labute approximate surface area is 164 Å². The van der Waals surface area contributed by atoms with Crippen molar-refractivity contribution in [3.8, 4) is 0 Å². The number of rotatable bonds is 5. The van der Waals surface area contributed by atoms with Crippen molar-refractivity contribution in [1.82, 2.24) is 19.7 Å². The van der Waals surface area contributed by atoms with Crippen LogP contribution in [0.15, 0.2) is 41.6 Å². The zero-order valence-electron chi connectivity index (χ0n) is 16.0. The van der Waals surface area contributed by atoms with Crippen LogP contribution in [0.1, 0.15) is 49.6 Å². The molecule has 6 heteroatoms. The quantitative estimate of drug-likeness (QED) is 0.702. The van der Waals surface area contributed by atoms with E-state index in [9.17, 15) is 0 Å². The Kier molecular flexibility index (Phi) is 5.36. The molecule has 1 aliphatic heterocycles. The van der Waals surface area contributed by atoms with Crippen molar-refractivity contribution in [2.24, 2.45) is 0 Å². The van der Waals surface area contributed by atoms with E-state index in [1.165, 1.54) is 24.1 Å². The number of hydrogen-bond acceptors (Lipinski definition) is 5. The van der Waals surface area contributed by atoms with Gasteiger partial charge in [-0.25, -0.2) is 9.97 Å². The van der Waals surface area contributed by atoms with Gasteiger partial charge >= 0.3 is 0 Å². The number of nitrogens with zero attached hydrogens (tertiary/aromatic N) is 3. The van der Waals surface area contributed by atoms with Crippen LogP contribution in [0, 0.1) is 0 Å². The third-order valence-corrected chi connectivity index (χ3v) is 6.20. The molecule has 1 aliphatic rings. The van der Waals surface area contributed by atoms with Gasteiger partial charge in [-0.2, -0.15) is 0 Å². The summed E-state index contributed by atoms with van der Waals surface area (Å²) in [6, 6.07) is 10.5. The zero-order chi connectivity index (χ0) is 18.8. The number of fused-ring (bicyclic) bond motifs is 1. The molecule has 0 spiro atoms. The molecule has 3 N–H and O–H groups in total. The maximum absolute atomic E-state index is 6.31. The largest absolute Gasteiger partial charge is 0.381 e. The van der Waals surface area contributed by atoms with Crippen molar-refractivity contribution >= 4 is 23.2 Å². The van der Waals surface area contributed by atoms with Crippen molar-refractivity contribution in [2.75, 3.05) is 18.8 Å². The van der Waals surface area contributed by atoms with E-state index in [0.717, 1.165) is 35.9 Å². The number of anilines is 1. The number of nitrogens with one attached hydrogen (secondary N) is 1. The number of aromatic nitrogens is 3. The minimum atomic E-state index is 0.356. The van der Waals surface area contributed by atoms with Crippen LogP contribution < -0.4 is 11.1 Å². The van der Waals surface area contributed by atoms with Crippen LogP contribution in [0.25, 0.3) is 5.65 Å². The average molecular weight is 382 g/mol. The summed E-state index contributed by atoms with van der Waals surface area (Å²) in [6.07, 6.45) is 5.38. The molecule has 1 saturated heterocycles. The van der Waals surface area contributed by atoms with Gasteiger partial charge < -0.3 is 11.1 Å². The fourth-order valence-electron chi connectivity index (χ4n) is 3.79. The standard InChI is InChI=1S/C21H27N5S/c1-14(2)19-17(11-15-7-4-3-5-8-15)24-21-20(22)25-18(13-26(19)21)27-16-9-6-10-23-12-16/h3-5,7-8,13-14,16,23H,6,9-12H2,1-2H3,(H2,22,25). The van der Waals surface area contributed by atoms with E-state index in [-0.39, 0.29) is 0 Å². The van der Waals surface area contributed by atoms with E-state index < -0.39 is 0 Å². The second-order valence-corrected chi connectivity index (χ2v) is 8.83. The van der Waals surface area contributed by atoms with Gasteiger partial charge in [0, 0.05) is 30.1 Å². The predicted octanol–water partition coefficient (Wildman–Crippen LogP) is 3.87. The lowest BCUT2D eigenvalue weighted by atomic mass is 10.0. The van der Waals surface area contributed by atoms with Crippen LogP contribution in [0.4, 0.5) is 5.82 Å². The molecule has 1 fully saturated rings. The topological polar surface area (TPSA) is 68.2 Å². The minimum absolute atomic E-state index is 0.356. The van der Waals surface area contributed by atoms with E-state index in [0.29, 0.717) is 17.0 Å². The SMILES string of the molecule is CC(C)c1c(Cc2ccccc2)nc2c(N)nc(SC3CCCNC3)cn12. The summed E-state index contributed by atoms with van der Waals surface area (Å²) >= 11 is 1.82. The number of imidazole rings is 1. The van der Waals surface area contributed by atoms with Gasteiger partial charge in [0.1, 0.15) is 5.03 Å². The fourth-order valence-corrected chi connectivity index (χ4v) is 4.93. The Morgan fingerprint density at radius 2 is 2.07 bits per heavy atom. The molecule has 4 rings (SSSR count). The van der Waals surface area contributed by atoms with E-state index in [1.807, 2.05) is 17.8 Å². The summed E-state index contributed by atoms with van der Waals surface area (Å²) < 4.78 is 2.17. The highest BCUT2D eigenvalue weighted by Gasteiger charge is 2.20. The van der Waals surface area contributed by atoms with Crippen LogP contribution in [-0.2, 0) is 6.42 Å². The first kappa shape index (κ1) is 18.3. The Morgan fingerprint density at radius 3 is 2.78 bits per heavy atom. The van der Waals surface area contributed by atoms with Crippen LogP contribution in [-0.4, -0.2) is 32.7 Å². The first-order chi connectivity index (χ1) is 13.1. The third kappa shape index (κ3) is 3.96. The van der Waals surface area contributed by atoms with Gasteiger partial charge in [-0.05, 0) is 30.9 Å². The van der Waals surface area contributed by atoms with E-state index in [2.05, 4.69) is 59.0 Å². The first-order valence-corrected chi connectivity index (χ1v) is 10.6. The van der Waals surface area contributed by atoms with Gasteiger partial charge in [0.25, 0.3) is 0 Å². The molecular formula is C21H27N5S. The lowest BCUT2D eigenvalue weighted by molar-refractivity contribution is 0.531. The van der Waals surface area contributed by atoms with Gasteiger partial charge in [-0.1, -0.05) is 44.2 Å². The molecule has 1 atom stereocenters. The molecule has 0 saturated carbocycles. The summed E-state index contributed by atoms with van der Waals surface area (Å²) in [5, 5.41) is 5.01. The minimum Gasteiger partial charge on any atom is -0.381 e. The highest BCUT2D eigenvalue weighted by molar-refractivity contribution is 7.99. The van der Waals surface area contributed by atoms with Crippen LogP contribution in [0.3, 0.4) is 0 Å². The molecule has 0 bridgehead atoms. The molecule has 27 heavy (non-hydrogen) atoms. The molecule has 0 amide bonds. The summed E-state index contributed by atoms with van der Waals surface area (Å²) in [4.78, 5) is 9.52. The maximum Gasteiger partial charge on any atom is 0.180 e. The monoisotopic (exact) mass is 381 g/mol. The molecular weight excluding hydrogens is 354 g/mol. The zero-order valence-corrected chi connectivity index (χ0v) is 16.8. The van der Waals surface area contributed by atoms with Crippen molar-refractivity contribution in [2.45, 2.75) is 49.3 Å². The van der Waals surface area contributed by atoms with E-state index in [4.69, 9.17) is 10.7 Å². The Morgan fingerprint density at radius 1 is 1.26 bits per heavy atom. The van der Waals surface area contributed by atoms with Gasteiger partial charge in [0.05, 0.1) is 5.69 Å². The highest BCUT2D eigenvalue weighted by Crippen LogP contribution is 2.31. The normalized spacial score (nSPS) is 17.7. The van der Waals surface area contributed by atoms with E-state index >= 15 is 0 Å². The number of thioether (sulfide) groups is 1. The summed E-state index contributed by atoms with van der Waals surface area (Å²) in [6.45, 7) is 6.58. The lowest BCUT2D eigenvalue weighted by Gasteiger charge is -2.21. The summed E-state index contributed by atoms with van der Waals surface area (Å²) in [5.74, 6) is 0.875. The molecule has 1 unspecified atom stereocenters. The predicted molar refractivity (Wildman–Crippen MR) is 112 cm³/mol. The van der Waals surface area contributed by atoms with Crippen molar-refractivity contribution in [1.29, 1.82) is 0 Å². The van der Waals surface area contributed by atoms with Gasteiger partial charge in [0.15, 0.2) is 11.5 Å². The molecule has 0 aliphatic carbocycles. The number of piperidine rings is 1. The van der Waals surface area contributed by atoms with Gasteiger partial charge in [-0.3, -0.25) is 4.40 Å². The van der Waals surface area contributed by atoms with Gasteiger partial charge in [-0.15, -0.1) is 11.8 Å². The van der Waals surface area contributed by atoms with E-state index in [1.54, 1.807) is 0 Å². The third-order valence-electron chi connectivity index (χ3n) is 5.02. The van der Waals surface area contributed by atoms with Gasteiger partial charge in [0.2, 0.25) is 0 Å². The molecule has 2 aromatic heterocycles. The maximum atomic E-state index is 6.31. The van der Waals surface area contributed by atoms with Crippen molar-refractivity contribution in [3.05, 3.63) is 53.5 Å². The lowest BCUT2D eigenvalue weighted by Crippen LogP contribution is -2.31.